The summed E-state index contributed by atoms with van der Waals surface area (Å²) in [5, 5.41) is 10.5. The van der Waals surface area contributed by atoms with Crippen molar-refractivity contribution in [2.24, 2.45) is 5.92 Å². The van der Waals surface area contributed by atoms with Crippen molar-refractivity contribution in [1.82, 2.24) is 10.2 Å². The Balaban J connectivity index is 2.50. The molecule has 6 nitrogen and oxygen atoms in total. The minimum absolute atomic E-state index is 0.0880. The first-order valence-corrected chi connectivity index (χ1v) is 5.92. The van der Waals surface area contributed by atoms with Gasteiger partial charge in [-0.1, -0.05) is 6.92 Å². The van der Waals surface area contributed by atoms with Crippen molar-refractivity contribution >= 4 is 17.9 Å². The van der Waals surface area contributed by atoms with Gasteiger partial charge in [-0.3, -0.25) is 10.1 Å². The van der Waals surface area contributed by atoms with E-state index in [1.54, 1.807) is 4.90 Å². The van der Waals surface area contributed by atoms with Crippen molar-refractivity contribution in [3.63, 3.8) is 0 Å². The third-order valence-corrected chi connectivity index (χ3v) is 3.01. The van der Waals surface area contributed by atoms with Gasteiger partial charge >= 0.3 is 12.0 Å². The third kappa shape index (κ3) is 4.20. The molecule has 0 radical (unpaired) electrons. The summed E-state index contributed by atoms with van der Waals surface area (Å²) in [6, 6.07) is -0.376. The fraction of sp³-hybridized carbons (Fsp3) is 0.583. The fourth-order valence-corrected chi connectivity index (χ4v) is 2.07. The number of amides is 3. The number of nitrogens with one attached hydrogen (secondary N) is 1. The largest absolute Gasteiger partial charge is 0.478 e. The normalized spacial score (nSPS) is 24.0. The second-order valence-corrected chi connectivity index (χ2v) is 4.64. The lowest BCUT2D eigenvalue weighted by Gasteiger charge is -2.36. The van der Waals surface area contributed by atoms with E-state index in [1.165, 1.54) is 0 Å². The molecule has 0 aromatic rings. The van der Waals surface area contributed by atoms with Crippen LogP contribution < -0.4 is 5.32 Å². The summed E-state index contributed by atoms with van der Waals surface area (Å²) in [6.45, 7) is 4.68. The monoisotopic (exact) mass is 254 g/mol. The van der Waals surface area contributed by atoms with Gasteiger partial charge in [-0.25, -0.2) is 9.59 Å². The van der Waals surface area contributed by atoms with E-state index in [0.29, 0.717) is 18.5 Å². The van der Waals surface area contributed by atoms with Gasteiger partial charge in [-0.15, -0.1) is 0 Å². The molecule has 1 fully saturated rings. The highest BCUT2D eigenvalue weighted by Gasteiger charge is 2.27. The van der Waals surface area contributed by atoms with E-state index in [4.69, 9.17) is 5.11 Å². The van der Waals surface area contributed by atoms with Crippen molar-refractivity contribution in [3.05, 3.63) is 12.2 Å². The Morgan fingerprint density at radius 1 is 1.28 bits per heavy atom. The van der Waals surface area contributed by atoms with Crippen molar-refractivity contribution < 1.29 is 19.5 Å². The average molecular weight is 254 g/mol. The van der Waals surface area contributed by atoms with Crippen LogP contribution in [0.3, 0.4) is 0 Å². The van der Waals surface area contributed by atoms with Crippen molar-refractivity contribution in [2.45, 2.75) is 32.7 Å². The zero-order valence-corrected chi connectivity index (χ0v) is 10.5. The Morgan fingerprint density at radius 3 is 2.50 bits per heavy atom. The van der Waals surface area contributed by atoms with Gasteiger partial charge in [0.15, 0.2) is 0 Å². The number of hydrogen-bond acceptors (Lipinski definition) is 3. The second kappa shape index (κ2) is 6.18. The number of carboxylic acid groups (broad SMARTS) is 1. The number of nitrogens with zero attached hydrogens (tertiary/aromatic N) is 1. The first kappa shape index (κ1) is 14.2. The van der Waals surface area contributed by atoms with Crippen LogP contribution >= 0.6 is 0 Å². The van der Waals surface area contributed by atoms with Gasteiger partial charge in [0.05, 0.1) is 0 Å². The zero-order valence-electron chi connectivity index (χ0n) is 10.5. The van der Waals surface area contributed by atoms with Gasteiger partial charge in [-0.05, 0) is 25.7 Å². The Kier molecular flexibility index (Phi) is 4.88. The van der Waals surface area contributed by atoms with Gasteiger partial charge in [0, 0.05) is 24.7 Å². The summed E-state index contributed by atoms with van der Waals surface area (Å²) < 4.78 is 0. The Labute approximate surface area is 106 Å². The molecular formula is C12H18N2O4. The first-order chi connectivity index (χ1) is 8.40. The summed E-state index contributed by atoms with van der Waals surface area (Å²) in [6.07, 6.45) is 3.35. The molecule has 6 heteroatoms. The number of rotatable bonds is 2. The molecule has 1 heterocycles. The zero-order chi connectivity index (χ0) is 13.7. The number of aliphatic carboxylic acids is 1. The highest BCUT2D eigenvalue weighted by Crippen LogP contribution is 2.21. The van der Waals surface area contributed by atoms with E-state index in [9.17, 15) is 14.4 Å². The molecule has 0 aliphatic carbocycles. The third-order valence-electron chi connectivity index (χ3n) is 3.01. The molecule has 2 unspecified atom stereocenters. The van der Waals surface area contributed by atoms with E-state index < -0.39 is 17.9 Å². The van der Waals surface area contributed by atoms with Crippen LogP contribution in [0.4, 0.5) is 4.79 Å². The molecule has 0 saturated carbocycles. The smallest absolute Gasteiger partial charge is 0.328 e. The number of carboxylic acids is 1. The predicted octanol–water partition coefficient (Wildman–Crippen LogP) is 0.984. The van der Waals surface area contributed by atoms with Gasteiger partial charge in [0.25, 0.3) is 5.91 Å². The van der Waals surface area contributed by atoms with Crippen LogP contribution in [0, 0.1) is 5.92 Å². The molecule has 100 valence electrons. The summed E-state index contributed by atoms with van der Waals surface area (Å²) in [5.41, 5.74) is 0. The van der Waals surface area contributed by atoms with Gasteiger partial charge < -0.3 is 10.0 Å². The standard InChI is InChI=1S/C12H18N2O4/c1-8-5-6-14(9(2)7-8)12(18)13-10(15)3-4-11(16)17/h3-4,8-9H,5-7H2,1-2H3,(H,16,17)(H,13,15,18)/b4-3+. The van der Waals surface area contributed by atoms with Crippen molar-refractivity contribution in [3.8, 4) is 0 Å². The lowest BCUT2D eigenvalue weighted by molar-refractivity contribution is -0.131. The topological polar surface area (TPSA) is 86.7 Å². The summed E-state index contributed by atoms with van der Waals surface area (Å²) >= 11 is 0. The van der Waals surface area contributed by atoms with Crippen LogP contribution in [0.2, 0.25) is 0 Å². The lowest BCUT2D eigenvalue weighted by atomic mass is 9.94. The Bertz CT molecular complexity index is 378. The van der Waals surface area contributed by atoms with Crippen LogP contribution in [-0.2, 0) is 9.59 Å². The maximum absolute atomic E-state index is 11.8. The van der Waals surface area contributed by atoms with Gasteiger partial charge in [-0.2, -0.15) is 0 Å². The van der Waals surface area contributed by atoms with Crippen LogP contribution in [0.25, 0.3) is 0 Å². The lowest BCUT2D eigenvalue weighted by Crippen LogP contribution is -2.50. The number of likely N-dealkylation sites (tertiary alicyclic amines) is 1. The van der Waals surface area contributed by atoms with E-state index >= 15 is 0 Å². The Morgan fingerprint density at radius 2 is 1.94 bits per heavy atom. The van der Waals surface area contributed by atoms with Crippen LogP contribution in [0.1, 0.15) is 26.7 Å². The maximum Gasteiger partial charge on any atom is 0.328 e. The molecule has 2 atom stereocenters. The molecule has 18 heavy (non-hydrogen) atoms. The summed E-state index contributed by atoms with van der Waals surface area (Å²) in [4.78, 5) is 34.9. The van der Waals surface area contributed by atoms with E-state index in [-0.39, 0.29) is 6.04 Å². The van der Waals surface area contributed by atoms with E-state index in [0.717, 1.165) is 18.9 Å². The first-order valence-electron chi connectivity index (χ1n) is 5.92. The number of urea groups is 1. The number of piperidine rings is 1. The molecule has 0 bridgehead atoms. The van der Waals surface area contributed by atoms with Gasteiger partial charge in [0.1, 0.15) is 0 Å². The minimum atomic E-state index is -1.22. The quantitative estimate of drug-likeness (QED) is 0.719. The molecule has 1 aliphatic heterocycles. The number of carbonyl (C=O) groups is 3. The highest BCUT2D eigenvalue weighted by molar-refractivity contribution is 6.02. The second-order valence-electron chi connectivity index (χ2n) is 4.64. The fourth-order valence-electron chi connectivity index (χ4n) is 2.07. The maximum atomic E-state index is 11.8. The van der Waals surface area contributed by atoms with E-state index in [1.807, 2.05) is 6.92 Å². The van der Waals surface area contributed by atoms with Gasteiger partial charge in [0.2, 0.25) is 0 Å². The molecule has 2 N–H and O–H groups in total. The molecule has 3 amide bonds. The molecule has 1 rings (SSSR count). The molecular weight excluding hydrogens is 236 g/mol. The average Bonchev–Trinajstić information content (AvgIpc) is 2.26. The number of hydrogen-bond donors (Lipinski definition) is 2. The number of carbonyl (C=O) groups excluding carboxylic acids is 2. The summed E-state index contributed by atoms with van der Waals surface area (Å²) in [5.74, 6) is -1.36. The predicted molar refractivity (Wildman–Crippen MR) is 64.9 cm³/mol. The highest BCUT2D eigenvalue weighted by atomic mass is 16.4. The molecule has 1 saturated heterocycles. The van der Waals surface area contributed by atoms with E-state index in [2.05, 4.69) is 12.2 Å². The number of imide groups is 1. The minimum Gasteiger partial charge on any atom is -0.478 e. The molecule has 0 spiro atoms. The Hall–Kier alpha value is -1.85. The molecule has 0 aromatic heterocycles. The van der Waals surface area contributed by atoms with Crippen molar-refractivity contribution in [2.75, 3.05) is 6.54 Å². The van der Waals surface area contributed by atoms with Crippen molar-refractivity contribution in [1.29, 1.82) is 0 Å². The molecule has 1 aliphatic rings. The van der Waals surface area contributed by atoms with Crippen LogP contribution in [0.5, 0.6) is 0 Å². The van der Waals surface area contributed by atoms with Crippen LogP contribution in [-0.4, -0.2) is 40.5 Å². The van der Waals surface area contributed by atoms with Crippen LogP contribution in [0.15, 0.2) is 12.2 Å². The summed E-state index contributed by atoms with van der Waals surface area (Å²) in [7, 11) is 0. The molecule has 0 aromatic carbocycles. The SMILES string of the molecule is CC1CCN(C(=O)NC(=O)/C=C/C(=O)O)C(C)C1.